The lowest BCUT2D eigenvalue weighted by molar-refractivity contribution is -0.137. The second kappa shape index (κ2) is 7.73. The molecule has 0 aliphatic carbocycles. The monoisotopic (exact) mass is 389 g/mol. The average Bonchev–Trinajstić information content (AvgIpc) is 2.55. The number of amides is 1. The minimum Gasteiger partial charge on any atom is -0.373 e. The van der Waals surface area contributed by atoms with Crippen LogP contribution in [0.5, 0.6) is 0 Å². The maximum Gasteiger partial charge on any atom is 0.417 e. The maximum absolute atomic E-state index is 12.6. The van der Waals surface area contributed by atoms with Gasteiger partial charge in [-0.3, -0.25) is 9.59 Å². The van der Waals surface area contributed by atoms with E-state index in [1.54, 1.807) is 13.8 Å². The maximum atomic E-state index is 12.6. The van der Waals surface area contributed by atoms with Gasteiger partial charge in [-0.25, -0.2) is 4.98 Å². The molecule has 2 aromatic heterocycles. The van der Waals surface area contributed by atoms with E-state index in [-0.39, 0.29) is 35.0 Å². The van der Waals surface area contributed by atoms with Crippen LogP contribution in [0.1, 0.15) is 19.4 Å². The van der Waals surface area contributed by atoms with Gasteiger partial charge in [-0.05, 0) is 26.0 Å². The number of hydrogen-bond acceptors (Lipinski definition) is 5. The first kappa shape index (κ1) is 19.7. The van der Waals surface area contributed by atoms with Crippen molar-refractivity contribution < 1.29 is 18.0 Å². The summed E-state index contributed by atoms with van der Waals surface area (Å²) in [5.41, 5.74) is -1.61. The van der Waals surface area contributed by atoms with E-state index in [0.717, 1.165) is 16.8 Å². The van der Waals surface area contributed by atoms with Gasteiger partial charge < -0.3 is 10.6 Å². The van der Waals surface area contributed by atoms with Gasteiger partial charge in [0.1, 0.15) is 5.02 Å². The third kappa shape index (κ3) is 4.72. The smallest absolute Gasteiger partial charge is 0.373 e. The van der Waals surface area contributed by atoms with Crippen molar-refractivity contribution in [1.29, 1.82) is 0 Å². The molecule has 2 heterocycles. The summed E-state index contributed by atoms with van der Waals surface area (Å²) in [5, 5.41) is 8.89. The van der Waals surface area contributed by atoms with E-state index in [2.05, 4.69) is 20.7 Å². The van der Waals surface area contributed by atoms with Crippen LogP contribution in [0.3, 0.4) is 0 Å². The summed E-state index contributed by atoms with van der Waals surface area (Å²) < 4.78 is 38.4. The number of halogens is 4. The number of carbonyl (C=O) groups is 1. The second-order valence-electron chi connectivity index (χ2n) is 5.57. The highest BCUT2D eigenvalue weighted by Crippen LogP contribution is 2.28. The van der Waals surface area contributed by atoms with Crippen molar-refractivity contribution in [3.8, 4) is 5.82 Å². The van der Waals surface area contributed by atoms with Gasteiger partial charge in [-0.1, -0.05) is 11.6 Å². The van der Waals surface area contributed by atoms with Crippen molar-refractivity contribution in [3.05, 3.63) is 45.5 Å². The average molecular weight is 390 g/mol. The molecule has 2 N–H and O–H groups in total. The molecular weight excluding hydrogens is 375 g/mol. The molecule has 0 saturated heterocycles. The highest BCUT2D eigenvalue weighted by atomic mass is 35.5. The number of hydrogen-bond donors (Lipinski definition) is 2. The van der Waals surface area contributed by atoms with Crippen LogP contribution in [0.25, 0.3) is 5.82 Å². The molecule has 0 atom stereocenters. The van der Waals surface area contributed by atoms with Crippen molar-refractivity contribution in [2.45, 2.75) is 26.1 Å². The van der Waals surface area contributed by atoms with Crippen LogP contribution >= 0.6 is 11.6 Å². The van der Waals surface area contributed by atoms with Gasteiger partial charge in [0, 0.05) is 12.2 Å². The summed E-state index contributed by atoms with van der Waals surface area (Å²) in [5.74, 6) is -0.418. The molecule has 0 aliphatic heterocycles. The Morgan fingerprint density at radius 3 is 2.54 bits per heavy atom. The Kier molecular flexibility index (Phi) is 5.86. The van der Waals surface area contributed by atoms with E-state index in [9.17, 15) is 22.8 Å². The van der Waals surface area contributed by atoms with Crippen LogP contribution in [-0.2, 0) is 11.0 Å². The molecule has 0 unspecified atom stereocenters. The summed E-state index contributed by atoms with van der Waals surface area (Å²) >= 11 is 5.97. The van der Waals surface area contributed by atoms with Gasteiger partial charge in [0.25, 0.3) is 5.56 Å². The van der Waals surface area contributed by atoms with E-state index >= 15 is 0 Å². The third-order valence-corrected chi connectivity index (χ3v) is 3.47. The van der Waals surface area contributed by atoms with Gasteiger partial charge in [0.05, 0.1) is 24.0 Å². The zero-order chi connectivity index (χ0) is 19.5. The lowest BCUT2D eigenvalue weighted by atomic mass is 10.3. The molecule has 140 valence electrons. The Balaban J connectivity index is 2.21. The number of carbonyl (C=O) groups excluding carboxylic acids is 1. The van der Waals surface area contributed by atoms with Crippen molar-refractivity contribution >= 4 is 23.2 Å². The Bertz CT molecular complexity index is 850. The first-order chi connectivity index (χ1) is 12.1. The van der Waals surface area contributed by atoms with Crippen LogP contribution in [0.2, 0.25) is 5.02 Å². The number of pyridine rings is 1. The SMILES string of the molecule is CC(C)NC(=O)CNc1cnn(-c2ccc(C(F)(F)F)cn2)c(=O)c1Cl. The van der Waals surface area contributed by atoms with Crippen LogP contribution in [0.15, 0.2) is 29.3 Å². The van der Waals surface area contributed by atoms with Gasteiger partial charge in [-0.15, -0.1) is 0 Å². The molecule has 26 heavy (non-hydrogen) atoms. The summed E-state index contributed by atoms with van der Waals surface area (Å²) in [6.07, 6.45) is -2.75. The molecule has 7 nitrogen and oxygen atoms in total. The largest absolute Gasteiger partial charge is 0.417 e. The van der Waals surface area contributed by atoms with Gasteiger partial charge in [0.2, 0.25) is 5.91 Å². The molecular formula is C15H15ClF3N5O2. The first-order valence-electron chi connectivity index (χ1n) is 7.44. The van der Waals surface area contributed by atoms with Crippen molar-refractivity contribution in [3.63, 3.8) is 0 Å². The molecule has 0 bridgehead atoms. The highest BCUT2D eigenvalue weighted by Gasteiger charge is 2.30. The van der Waals surface area contributed by atoms with Crippen LogP contribution in [0, 0.1) is 0 Å². The van der Waals surface area contributed by atoms with Gasteiger partial charge in [-0.2, -0.15) is 23.0 Å². The normalized spacial score (nSPS) is 11.5. The van der Waals surface area contributed by atoms with Crippen LogP contribution < -0.4 is 16.2 Å². The van der Waals surface area contributed by atoms with Crippen molar-refractivity contribution in [2.24, 2.45) is 0 Å². The summed E-state index contributed by atoms with van der Waals surface area (Å²) in [6, 6.07) is 1.75. The Hall–Kier alpha value is -2.62. The molecule has 11 heteroatoms. The number of rotatable bonds is 5. The number of nitrogens with zero attached hydrogens (tertiary/aromatic N) is 3. The minimum atomic E-state index is -4.54. The lowest BCUT2D eigenvalue weighted by Crippen LogP contribution is -2.35. The van der Waals surface area contributed by atoms with E-state index in [1.807, 2.05) is 0 Å². The second-order valence-corrected chi connectivity index (χ2v) is 5.95. The number of alkyl halides is 3. The predicted molar refractivity (Wildman–Crippen MR) is 89.4 cm³/mol. The Morgan fingerprint density at radius 2 is 2.00 bits per heavy atom. The minimum absolute atomic E-state index is 0.0448. The zero-order valence-corrected chi connectivity index (χ0v) is 14.5. The molecule has 0 spiro atoms. The van der Waals surface area contributed by atoms with Crippen molar-refractivity contribution in [1.82, 2.24) is 20.1 Å². The fraction of sp³-hybridized carbons (Fsp3) is 0.333. The van der Waals surface area contributed by atoms with Gasteiger partial charge >= 0.3 is 6.18 Å². The van der Waals surface area contributed by atoms with Crippen LogP contribution in [0.4, 0.5) is 18.9 Å². The van der Waals surface area contributed by atoms with Crippen molar-refractivity contribution in [2.75, 3.05) is 11.9 Å². The van der Waals surface area contributed by atoms with Crippen LogP contribution in [-0.4, -0.2) is 33.3 Å². The third-order valence-electron chi connectivity index (χ3n) is 3.10. The number of aromatic nitrogens is 3. The fourth-order valence-electron chi connectivity index (χ4n) is 1.95. The summed E-state index contributed by atoms with van der Waals surface area (Å²) in [4.78, 5) is 27.5. The lowest BCUT2D eigenvalue weighted by Gasteiger charge is -2.12. The molecule has 0 aromatic carbocycles. The Labute approximate surface area is 151 Å². The van der Waals surface area contributed by atoms with Gasteiger partial charge in [0.15, 0.2) is 5.82 Å². The fourth-order valence-corrected chi connectivity index (χ4v) is 2.14. The quantitative estimate of drug-likeness (QED) is 0.818. The molecule has 1 amide bonds. The molecule has 0 saturated carbocycles. The number of anilines is 1. The molecule has 2 rings (SSSR count). The molecule has 2 aromatic rings. The van der Waals surface area contributed by atoms with E-state index in [0.29, 0.717) is 6.20 Å². The number of nitrogens with one attached hydrogen (secondary N) is 2. The molecule has 0 radical (unpaired) electrons. The zero-order valence-electron chi connectivity index (χ0n) is 13.8. The first-order valence-corrected chi connectivity index (χ1v) is 7.82. The van der Waals surface area contributed by atoms with E-state index in [4.69, 9.17) is 11.6 Å². The Morgan fingerprint density at radius 1 is 1.31 bits per heavy atom. The summed E-state index contributed by atoms with van der Waals surface area (Å²) in [7, 11) is 0. The topological polar surface area (TPSA) is 88.9 Å². The predicted octanol–water partition coefficient (Wildman–Crippen LogP) is 2.24. The summed E-state index contributed by atoms with van der Waals surface area (Å²) in [6.45, 7) is 3.47. The highest BCUT2D eigenvalue weighted by molar-refractivity contribution is 6.33. The molecule has 0 fully saturated rings. The van der Waals surface area contributed by atoms with E-state index < -0.39 is 17.3 Å². The standard InChI is InChI=1S/C15H15ClF3N5O2/c1-8(2)23-12(25)7-20-10-6-22-24(14(26)13(10)16)11-4-3-9(5-21-11)15(17,18)19/h3-6,8,20H,7H2,1-2H3,(H,23,25). The molecule has 0 aliphatic rings. The van der Waals surface area contributed by atoms with E-state index in [1.165, 1.54) is 6.20 Å².